The van der Waals surface area contributed by atoms with E-state index in [1.54, 1.807) is 43.6 Å². The van der Waals surface area contributed by atoms with Crippen molar-refractivity contribution in [2.24, 2.45) is 0 Å². The topological polar surface area (TPSA) is 77.2 Å². The maximum absolute atomic E-state index is 11.4. The lowest BCUT2D eigenvalue weighted by molar-refractivity contribution is -0.153. The molecule has 0 bridgehead atoms. The molecule has 2 aromatic rings. The summed E-state index contributed by atoms with van der Waals surface area (Å²) >= 11 is 0. The largest absolute Gasteiger partial charge is 0.464 e. The van der Waals surface area contributed by atoms with Crippen molar-refractivity contribution in [3.05, 3.63) is 42.2 Å². The second-order valence-electron chi connectivity index (χ2n) is 3.56. The molecule has 0 saturated carbocycles. The van der Waals surface area contributed by atoms with Crippen molar-refractivity contribution in [3.63, 3.8) is 0 Å². The Labute approximate surface area is 104 Å². The molecule has 1 atom stereocenters. The third kappa shape index (κ3) is 2.54. The van der Waals surface area contributed by atoms with Gasteiger partial charge in [0.1, 0.15) is 0 Å². The second-order valence-corrected chi connectivity index (χ2v) is 3.56. The SMILES string of the molecule is CCOC(=O)C(O)c1ccc(-n2nccn2)cc1. The average molecular weight is 247 g/mol. The fourth-order valence-electron chi connectivity index (χ4n) is 1.50. The third-order valence-corrected chi connectivity index (χ3v) is 2.37. The summed E-state index contributed by atoms with van der Waals surface area (Å²) in [7, 11) is 0. The first-order chi connectivity index (χ1) is 8.72. The van der Waals surface area contributed by atoms with E-state index in [2.05, 4.69) is 10.2 Å². The molecule has 0 fully saturated rings. The number of ether oxygens (including phenoxy) is 1. The van der Waals surface area contributed by atoms with Crippen LogP contribution in [0.25, 0.3) is 5.69 Å². The lowest BCUT2D eigenvalue weighted by atomic mass is 10.1. The van der Waals surface area contributed by atoms with Crippen LogP contribution in [0.2, 0.25) is 0 Å². The van der Waals surface area contributed by atoms with Gasteiger partial charge in [0, 0.05) is 0 Å². The smallest absolute Gasteiger partial charge is 0.339 e. The van der Waals surface area contributed by atoms with Gasteiger partial charge < -0.3 is 9.84 Å². The maximum Gasteiger partial charge on any atom is 0.339 e. The van der Waals surface area contributed by atoms with E-state index in [-0.39, 0.29) is 6.61 Å². The Kier molecular flexibility index (Phi) is 3.69. The van der Waals surface area contributed by atoms with Gasteiger partial charge >= 0.3 is 5.97 Å². The van der Waals surface area contributed by atoms with Crippen LogP contribution in [0, 0.1) is 0 Å². The number of esters is 1. The van der Waals surface area contributed by atoms with Crippen molar-refractivity contribution in [1.82, 2.24) is 15.0 Å². The zero-order valence-electron chi connectivity index (χ0n) is 9.85. The van der Waals surface area contributed by atoms with E-state index in [0.29, 0.717) is 5.56 Å². The van der Waals surface area contributed by atoms with Gasteiger partial charge in [-0.15, -0.1) is 0 Å². The van der Waals surface area contributed by atoms with E-state index in [1.807, 2.05) is 0 Å². The third-order valence-electron chi connectivity index (χ3n) is 2.37. The first kappa shape index (κ1) is 12.3. The molecule has 0 saturated heterocycles. The maximum atomic E-state index is 11.4. The molecule has 1 unspecified atom stereocenters. The number of carbonyl (C=O) groups excluding carboxylic acids is 1. The molecule has 18 heavy (non-hydrogen) atoms. The number of carbonyl (C=O) groups is 1. The summed E-state index contributed by atoms with van der Waals surface area (Å²) in [5.41, 5.74) is 1.23. The highest BCUT2D eigenvalue weighted by atomic mass is 16.5. The lowest BCUT2D eigenvalue weighted by Gasteiger charge is -2.10. The summed E-state index contributed by atoms with van der Waals surface area (Å²) in [5.74, 6) is -0.650. The molecule has 94 valence electrons. The summed E-state index contributed by atoms with van der Waals surface area (Å²) in [6.07, 6.45) is 1.88. The Morgan fingerprint density at radius 3 is 2.50 bits per heavy atom. The first-order valence-corrected chi connectivity index (χ1v) is 5.53. The Hall–Kier alpha value is -2.21. The average Bonchev–Trinajstić information content (AvgIpc) is 2.92. The van der Waals surface area contributed by atoms with Crippen LogP contribution < -0.4 is 0 Å². The molecule has 0 amide bonds. The molecule has 1 aromatic carbocycles. The molecule has 0 aliphatic heterocycles. The summed E-state index contributed by atoms with van der Waals surface area (Å²) in [4.78, 5) is 12.8. The number of hydrogen-bond donors (Lipinski definition) is 1. The van der Waals surface area contributed by atoms with Crippen molar-refractivity contribution >= 4 is 5.97 Å². The van der Waals surface area contributed by atoms with Gasteiger partial charge in [0.2, 0.25) is 0 Å². The Morgan fingerprint density at radius 1 is 1.33 bits per heavy atom. The highest BCUT2D eigenvalue weighted by Gasteiger charge is 2.18. The van der Waals surface area contributed by atoms with E-state index in [9.17, 15) is 9.90 Å². The monoisotopic (exact) mass is 247 g/mol. The molecule has 0 spiro atoms. The molecule has 0 aliphatic carbocycles. The highest BCUT2D eigenvalue weighted by Crippen LogP contribution is 2.16. The Balaban J connectivity index is 2.15. The number of aliphatic hydroxyl groups is 1. The molecule has 1 aromatic heterocycles. The summed E-state index contributed by atoms with van der Waals surface area (Å²) < 4.78 is 4.74. The standard InChI is InChI=1S/C12H13N3O3/c1-2-18-12(17)11(16)9-3-5-10(6-4-9)15-13-7-8-14-15/h3-8,11,16H,2H2,1H3. The molecular weight excluding hydrogens is 234 g/mol. The molecule has 6 heteroatoms. The number of aromatic nitrogens is 3. The zero-order valence-corrected chi connectivity index (χ0v) is 9.85. The Bertz CT molecular complexity index is 508. The van der Waals surface area contributed by atoms with E-state index >= 15 is 0 Å². The Morgan fingerprint density at radius 2 is 1.94 bits per heavy atom. The molecule has 1 N–H and O–H groups in total. The molecule has 1 heterocycles. The van der Waals surface area contributed by atoms with Gasteiger partial charge in [-0.25, -0.2) is 4.79 Å². The van der Waals surface area contributed by atoms with Crippen LogP contribution in [0.3, 0.4) is 0 Å². The molecule has 2 rings (SSSR count). The molecule has 6 nitrogen and oxygen atoms in total. The minimum atomic E-state index is -1.26. The van der Waals surface area contributed by atoms with Crippen LogP contribution in [0.4, 0.5) is 0 Å². The van der Waals surface area contributed by atoms with E-state index in [0.717, 1.165) is 5.69 Å². The predicted molar refractivity (Wildman–Crippen MR) is 63.0 cm³/mol. The quantitative estimate of drug-likeness (QED) is 0.811. The van der Waals surface area contributed by atoms with E-state index < -0.39 is 12.1 Å². The van der Waals surface area contributed by atoms with Crippen molar-refractivity contribution in [3.8, 4) is 5.69 Å². The van der Waals surface area contributed by atoms with Crippen LogP contribution in [0.15, 0.2) is 36.7 Å². The van der Waals surface area contributed by atoms with Gasteiger partial charge in [0.25, 0.3) is 0 Å². The van der Waals surface area contributed by atoms with Gasteiger partial charge in [0.15, 0.2) is 6.10 Å². The summed E-state index contributed by atoms with van der Waals surface area (Å²) in [6, 6.07) is 6.72. The molecule has 0 aliphatic rings. The van der Waals surface area contributed by atoms with Gasteiger partial charge in [-0.3, -0.25) is 0 Å². The zero-order chi connectivity index (χ0) is 13.0. The summed E-state index contributed by atoms with van der Waals surface area (Å²) in [5, 5.41) is 17.7. The van der Waals surface area contributed by atoms with Crippen LogP contribution >= 0.6 is 0 Å². The normalized spacial score (nSPS) is 12.1. The van der Waals surface area contributed by atoms with Gasteiger partial charge in [-0.2, -0.15) is 15.0 Å². The summed E-state index contributed by atoms with van der Waals surface area (Å²) in [6.45, 7) is 1.93. The van der Waals surface area contributed by atoms with E-state index in [1.165, 1.54) is 4.80 Å². The van der Waals surface area contributed by atoms with E-state index in [4.69, 9.17) is 4.74 Å². The van der Waals surface area contributed by atoms with Crippen LogP contribution in [0.5, 0.6) is 0 Å². The van der Waals surface area contributed by atoms with Gasteiger partial charge in [0.05, 0.1) is 24.7 Å². The van der Waals surface area contributed by atoms with Gasteiger partial charge in [-0.1, -0.05) is 12.1 Å². The molecular formula is C12H13N3O3. The number of nitrogens with zero attached hydrogens (tertiary/aromatic N) is 3. The first-order valence-electron chi connectivity index (χ1n) is 5.53. The number of aliphatic hydroxyl groups excluding tert-OH is 1. The minimum Gasteiger partial charge on any atom is -0.464 e. The fraction of sp³-hybridized carbons (Fsp3) is 0.250. The highest BCUT2D eigenvalue weighted by molar-refractivity contribution is 5.76. The lowest BCUT2D eigenvalue weighted by Crippen LogP contribution is -2.15. The number of rotatable bonds is 4. The fourth-order valence-corrected chi connectivity index (χ4v) is 1.50. The molecule has 0 radical (unpaired) electrons. The second kappa shape index (κ2) is 5.42. The van der Waals surface area contributed by atoms with Crippen LogP contribution in [-0.2, 0) is 9.53 Å². The number of benzene rings is 1. The van der Waals surface area contributed by atoms with Crippen LogP contribution in [0.1, 0.15) is 18.6 Å². The van der Waals surface area contributed by atoms with Gasteiger partial charge in [-0.05, 0) is 24.6 Å². The minimum absolute atomic E-state index is 0.241. The number of hydrogen-bond acceptors (Lipinski definition) is 5. The van der Waals surface area contributed by atoms with Crippen molar-refractivity contribution < 1.29 is 14.6 Å². The van der Waals surface area contributed by atoms with Crippen molar-refractivity contribution in [1.29, 1.82) is 0 Å². The predicted octanol–water partition coefficient (Wildman–Crippen LogP) is 0.864. The van der Waals surface area contributed by atoms with Crippen molar-refractivity contribution in [2.45, 2.75) is 13.0 Å². The van der Waals surface area contributed by atoms with Crippen molar-refractivity contribution in [2.75, 3.05) is 6.61 Å². The van der Waals surface area contributed by atoms with Crippen LogP contribution in [-0.4, -0.2) is 32.7 Å².